The van der Waals surface area contributed by atoms with Gasteiger partial charge in [0.15, 0.2) is 0 Å². The first-order chi connectivity index (χ1) is 11.5. The molecule has 1 aromatic carbocycles. The fourth-order valence-electron chi connectivity index (χ4n) is 2.95. The van der Waals surface area contributed by atoms with E-state index >= 15 is 0 Å². The number of amides is 2. The number of hydrogen-bond donors (Lipinski definition) is 2. The smallest absolute Gasteiger partial charge is 0.227 e. The number of carbonyl (C=O) groups excluding carboxylic acids is 2. The molecule has 132 valence electrons. The molecule has 0 aliphatic carbocycles. The Morgan fingerprint density at radius 2 is 1.96 bits per heavy atom. The van der Waals surface area contributed by atoms with E-state index in [2.05, 4.69) is 5.32 Å². The van der Waals surface area contributed by atoms with E-state index in [1.807, 2.05) is 0 Å². The van der Waals surface area contributed by atoms with Crippen LogP contribution in [0.4, 0.5) is 8.78 Å². The molecular weight excluding hydrogens is 316 g/mol. The highest BCUT2D eigenvalue weighted by atomic mass is 19.1. The number of rotatable bonds is 6. The number of benzene rings is 1. The van der Waals surface area contributed by atoms with Crippen LogP contribution in [0, 0.1) is 11.6 Å². The zero-order chi connectivity index (χ0) is 17.5. The van der Waals surface area contributed by atoms with Crippen LogP contribution in [-0.2, 0) is 16.0 Å². The van der Waals surface area contributed by atoms with E-state index in [9.17, 15) is 18.4 Å². The van der Waals surface area contributed by atoms with E-state index in [4.69, 9.17) is 5.73 Å². The van der Waals surface area contributed by atoms with Gasteiger partial charge in [0.1, 0.15) is 11.6 Å². The normalized spacial score (nSPS) is 17.6. The lowest BCUT2D eigenvalue weighted by atomic mass is 10.00. The number of nitrogens with one attached hydrogen (secondary N) is 1. The van der Waals surface area contributed by atoms with Crippen molar-refractivity contribution in [2.24, 2.45) is 5.73 Å². The molecule has 7 heteroatoms. The van der Waals surface area contributed by atoms with Crippen LogP contribution < -0.4 is 11.1 Å². The van der Waals surface area contributed by atoms with Crippen LogP contribution in [0.15, 0.2) is 18.2 Å². The number of hydrogen-bond acceptors (Lipinski definition) is 3. The van der Waals surface area contributed by atoms with Gasteiger partial charge in [0.2, 0.25) is 11.8 Å². The minimum absolute atomic E-state index is 0.150. The van der Waals surface area contributed by atoms with Crippen LogP contribution in [-0.4, -0.2) is 42.4 Å². The Morgan fingerprint density at radius 1 is 1.25 bits per heavy atom. The van der Waals surface area contributed by atoms with Gasteiger partial charge < -0.3 is 16.0 Å². The summed E-state index contributed by atoms with van der Waals surface area (Å²) in [6.07, 6.45) is 2.48. The van der Waals surface area contributed by atoms with Crippen LogP contribution in [0.25, 0.3) is 0 Å². The Hall–Kier alpha value is -2.02. The molecule has 24 heavy (non-hydrogen) atoms. The maximum Gasteiger partial charge on any atom is 0.227 e. The monoisotopic (exact) mass is 339 g/mol. The summed E-state index contributed by atoms with van der Waals surface area (Å²) in [5.74, 6) is -1.91. The highest BCUT2D eigenvalue weighted by Gasteiger charge is 2.28. The summed E-state index contributed by atoms with van der Waals surface area (Å²) >= 11 is 0. The van der Waals surface area contributed by atoms with E-state index in [1.165, 1.54) is 6.07 Å². The predicted octanol–water partition coefficient (Wildman–Crippen LogP) is 1.35. The highest BCUT2D eigenvalue weighted by Crippen LogP contribution is 2.20. The van der Waals surface area contributed by atoms with Crippen LogP contribution in [0.3, 0.4) is 0 Å². The fraction of sp³-hybridized carbons (Fsp3) is 0.529. The van der Waals surface area contributed by atoms with Crippen molar-refractivity contribution in [2.75, 3.05) is 19.6 Å². The lowest BCUT2D eigenvalue weighted by Crippen LogP contribution is -2.50. The van der Waals surface area contributed by atoms with Crippen LogP contribution in [0.2, 0.25) is 0 Å². The van der Waals surface area contributed by atoms with E-state index in [0.29, 0.717) is 13.1 Å². The van der Waals surface area contributed by atoms with Gasteiger partial charge in [-0.05, 0) is 31.4 Å². The topological polar surface area (TPSA) is 75.4 Å². The Balaban J connectivity index is 2.01. The predicted molar refractivity (Wildman–Crippen MR) is 86.1 cm³/mol. The molecule has 2 amide bonds. The molecule has 2 rings (SSSR count). The molecule has 0 saturated carbocycles. The SMILES string of the molecule is NCCC(=O)NCC1CCCCN1C(=O)Cc1c(F)cccc1F. The maximum absolute atomic E-state index is 13.7. The van der Waals surface area contributed by atoms with Crippen molar-refractivity contribution in [2.45, 2.75) is 38.1 Å². The number of nitrogens with two attached hydrogens (primary N) is 1. The Bertz CT molecular complexity index is 575. The van der Waals surface area contributed by atoms with E-state index in [0.717, 1.165) is 31.4 Å². The number of piperidine rings is 1. The summed E-state index contributed by atoms with van der Waals surface area (Å²) in [7, 11) is 0. The summed E-state index contributed by atoms with van der Waals surface area (Å²) < 4.78 is 27.5. The molecule has 1 saturated heterocycles. The molecule has 0 radical (unpaired) electrons. The lowest BCUT2D eigenvalue weighted by Gasteiger charge is -2.36. The molecule has 1 unspecified atom stereocenters. The van der Waals surface area contributed by atoms with Gasteiger partial charge >= 0.3 is 0 Å². The van der Waals surface area contributed by atoms with Gasteiger partial charge in [0.05, 0.1) is 6.42 Å². The highest BCUT2D eigenvalue weighted by molar-refractivity contribution is 5.80. The molecule has 0 spiro atoms. The van der Waals surface area contributed by atoms with Gasteiger partial charge in [0.25, 0.3) is 0 Å². The molecule has 1 aliphatic heterocycles. The lowest BCUT2D eigenvalue weighted by molar-refractivity contribution is -0.134. The van der Waals surface area contributed by atoms with Crippen molar-refractivity contribution in [3.05, 3.63) is 35.4 Å². The number of nitrogens with zero attached hydrogens (tertiary/aromatic N) is 1. The number of carbonyl (C=O) groups is 2. The van der Waals surface area contributed by atoms with Crippen LogP contribution >= 0.6 is 0 Å². The van der Waals surface area contributed by atoms with Gasteiger partial charge in [0, 0.05) is 37.7 Å². The summed E-state index contributed by atoms with van der Waals surface area (Å²) in [5.41, 5.74) is 5.12. The second kappa shape index (κ2) is 8.73. The van der Waals surface area contributed by atoms with Gasteiger partial charge in [-0.15, -0.1) is 0 Å². The first-order valence-electron chi connectivity index (χ1n) is 8.22. The fourth-order valence-corrected chi connectivity index (χ4v) is 2.95. The minimum atomic E-state index is -0.715. The zero-order valence-electron chi connectivity index (χ0n) is 13.6. The molecule has 1 aliphatic rings. The molecule has 0 aromatic heterocycles. The van der Waals surface area contributed by atoms with Gasteiger partial charge in [-0.2, -0.15) is 0 Å². The van der Waals surface area contributed by atoms with Crippen molar-refractivity contribution in [3.8, 4) is 0 Å². The van der Waals surface area contributed by atoms with Gasteiger partial charge in [-0.1, -0.05) is 6.07 Å². The van der Waals surface area contributed by atoms with E-state index in [1.54, 1.807) is 4.90 Å². The van der Waals surface area contributed by atoms with Gasteiger partial charge in [-0.3, -0.25) is 9.59 Å². The van der Waals surface area contributed by atoms with Crippen molar-refractivity contribution in [3.63, 3.8) is 0 Å². The first-order valence-corrected chi connectivity index (χ1v) is 8.22. The number of halogens is 2. The van der Waals surface area contributed by atoms with Gasteiger partial charge in [-0.25, -0.2) is 8.78 Å². The average molecular weight is 339 g/mol. The molecule has 3 N–H and O–H groups in total. The molecule has 0 bridgehead atoms. The standard InChI is InChI=1S/C17H23F2N3O2/c18-14-5-3-6-15(19)13(14)10-17(24)22-9-2-1-4-12(22)11-21-16(23)7-8-20/h3,5-6,12H,1-2,4,7-11,20H2,(H,21,23). The second-order valence-electron chi connectivity index (χ2n) is 5.96. The Morgan fingerprint density at radius 3 is 2.62 bits per heavy atom. The quantitative estimate of drug-likeness (QED) is 0.822. The summed E-state index contributed by atoms with van der Waals surface area (Å²) in [6, 6.07) is 3.41. The maximum atomic E-state index is 13.7. The largest absolute Gasteiger partial charge is 0.354 e. The Kier molecular flexibility index (Phi) is 6.66. The van der Waals surface area contributed by atoms with Crippen molar-refractivity contribution in [1.82, 2.24) is 10.2 Å². The van der Waals surface area contributed by atoms with Crippen molar-refractivity contribution >= 4 is 11.8 Å². The van der Waals surface area contributed by atoms with Crippen molar-refractivity contribution in [1.29, 1.82) is 0 Å². The van der Waals surface area contributed by atoms with Crippen LogP contribution in [0.1, 0.15) is 31.2 Å². The summed E-state index contributed by atoms with van der Waals surface area (Å²) in [5, 5.41) is 2.76. The summed E-state index contributed by atoms with van der Waals surface area (Å²) in [6.45, 7) is 1.14. The summed E-state index contributed by atoms with van der Waals surface area (Å²) in [4.78, 5) is 25.7. The molecule has 1 aromatic rings. The second-order valence-corrected chi connectivity index (χ2v) is 5.96. The third kappa shape index (κ3) is 4.74. The zero-order valence-corrected chi connectivity index (χ0v) is 13.6. The molecule has 1 atom stereocenters. The van der Waals surface area contributed by atoms with Crippen LogP contribution in [0.5, 0.6) is 0 Å². The number of likely N-dealkylation sites (tertiary alicyclic amines) is 1. The third-order valence-electron chi connectivity index (χ3n) is 4.24. The van der Waals surface area contributed by atoms with E-state index < -0.39 is 11.6 Å². The molecule has 1 fully saturated rings. The minimum Gasteiger partial charge on any atom is -0.354 e. The Labute approximate surface area is 140 Å². The van der Waals surface area contributed by atoms with E-state index in [-0.39, 0.29) is 42.8 Å². The third-order valence-corrected chi connectivity index (χ3v) is 4.24. The first kappa shape index (κ1) is 18.3. The molecular formula is C17H23F2N3O2. The molecule has 1 heterocycles. The average Bonchev–Trinajstić information content (AvgIpc) is 2.57. The molecule has 5 nitrogen and oxygen atoms in total. The van der Waals surface area contributed by atoms with Crippen molar-refractivity contribution < 1.29 is 18.4 Å².